The summed E-state index contributed by atoms with van der Waals surface area (Å²) in [5.41, 5.74) is 1.03. The SMILES string of the molecule is CC.Cc1ncoc1C(=O)Nc1cnc(-c2cc3c(cc2Cl)OC(F)(F)O3)cn1. The van der Waals surface area contributed by atoms with Gasteiger partial charge in [-0.2, -0.15) is 0 Å². The lowest BCUT2D eigenvalue weighted by atomic mass is 10.1. The number of halogens is 3. The molecule has 2 aromatic heterocycles. The third-order valence-electron chi connectivity index (χ3n) is 3.61. The molecule has 0 spiro atoms. The molecule has 0 saturated carbocycles. The summed E-state index contributed by atoms with van der Waals surface area (Å²) in [4.78, 5) is 24.1. The summed E-state index contributed by atoms with van der Waals surface area (Å²) < 4.78 is 40.0. The number of benzene rings is 1. The van der Waals surface area contributed by atoms with E-state index in [0.717, 1.165) is 6.39 Å². The van der Waals surface area contributed by atoms with E-state index < -0.39 is 12.2 Å². The number of oxazole rings is 1. The minimum atomic E-state index is -3.75. The Bertz CT molecular complexity index is 1040. The van der Waals surface area contributed by atoms with Gasteiger partial charge in [0.25, 0.3) is 5.91 Å². The summed E-state index contributed by atoms with van der Waals surface area (Å²) in [5, 5.41) is 2.63. The van der Waals surface area contributed by atoms with E-state index in [1.165, 1.54) is 24.5 Å². The largest absolute Gasteiger partial charge is 0.586 e. The molecule has 11 heteroatoms. The molecule has 1 aliphatic rings. The van der Waals surface area contributed by atoms with E-state index in [2.05, 4.69) is 29.7 Å². The lowest BCUT2D eigenvalue weighted by molar-refractivity contribution is -0.286. The Labute approximate surface area is 168 Å². The van der Waals surface area contributed by atoms with E-state index in [1.54, 1.807) is 6.92 Å². The van der Waals surface area contributed by atoms with Gasteiger partial charge in [-0.05, 0) is 13.0 Å². The summed E-state index contributed by atoms with van der Waals surface area (Å²) >= 11 is 6.11. The number of nitrogens with one attached hydrogen (secondary N) is 1. The highest BCUT2D eigenvalue weighted by Gasteiger charge is 2.43. The number of amides is 1. The number of aryl methyl sites for hydroxylation is 1. The van der Waals surface area contributed by atoms with Crippen molar-refractivity contribution >= 4 is 23.3 Å². The molecule has 0 atom stereocenters. The minimum Gasteiger partial charge on any atom is -0.438 e. The van der Waals surface area contributed by atoms with Crippen LogP contribution < -0.4 is 14.8 Å². The number of anilines is 1. The fraction of sp³-hybridized carbons (Fsp3) is 0.222. The summed E-state index contributed by atoms with van der Waals surface area (Å²) in [6, 6.07) is 2.48. The molecule has 0 saturated heterocycles. The second kappa shape index (κ2) is 8.00. The van der Waals surface area contributed by atoms with Crippen LogP contribution in [0.1, 0.15) is 30.1 Å². The molecule has 0 fully saturated rings. The van der Waals surface area contributed by atoms with Crippen molar-refractivity contribution in [2.45, 2.75) is 27.1 Å². The van der Waals surface area contributed by atoms with Crippen LogP contribution in [-0.2, 0) is 0 Å². The molecule has 1 amide bonds. The predicted octanol–water partition coefficient (Wildman–Crippen LogP) is 4.69. The average Bonchev–Trinajstić information content (AvgIpc) is 3.24. The first-order valence-corrected chi connectivity index (χ1v) is 8.83. The fourth-order valence-corrected chi connectivity index (χ4v) is 2.64. The van der Waals surface area contributed by atoms with Gasteiger partial charge in [0.05, 0.1) is 28.8 Å². The van der Waals surface area contributed by atoms with Gasteiger partial charge in [0.2, 0.25) is 5.76 Å². The second-order valence-electron chi connectivity index (χ2n) is 5.45. The van der Waals surface area contributed by atoms with Crippen LogP contribution in [0.2, 0.25) is 5.02 Å². The summed E-state index contributed by atoms with van der Waals surface area (Å²) in [5.74, 6) is -0.661. The van der Waals surface area contributed by atoms with Crippen LogP contribution in [0.3, 0.4) is 0 Å². The van der Waals surface area contributed by atoms with Gasteiger partial charge < -0.3 is 19.2 Å². The monoisotopic (exact) mass is 424 g/mol. The van der Waals surface area contributed by atoms with E-state index in [0.29, 0.717) is 11.3 Å². The normalized spacial score (nSPS) is 13.4. The number of carbonyl (C=O) groups excluding carboxylic acids is 1. The predicted molar refractivity (Wildman–Crippen MR) is 99.2 cm³/mol. The number of aromatic nitrogens is 3. The van der Waals surface area contributed by atoms with Gasteiger partial charge in [0.1, 0.15) is 0 Å². The first kappa shape index (κ1) is 20.5. The Morgan fingerprint density at radius 3 is 2.38 bits per heavy atom. The molecule has 0 bridgehead atoms. The van der Waals surface area contributed by atoms with Crippen LogP contribution in [0, 0.1) is 6.92 Å². The number of alkyl halides is 2. The zero-order valence-corrected chi connectivity index (χ0v) is 16.3. The van der Waals surface area contributed by atoms with E-state index in [9.17, 15) is 13.6 Å². The highest BCUT2D eigenvalue weighted by molar-refractivity contribution is 6.33. The van der Waals surface area contributed by atoms with Crippen LogP contribution in [-0.4, -0.2) is 27.2 Å². The third-order valence-corrected chi connectivity index (χ3v) is 3.92. The molecular formula is C18H15ClF2N4O4. The summed E-state index contributed by atoms with van der Waals surface area (Å²) in [6.07, 6.45) is 0.0198. The summed E-state index contributed by atoms with van der Waals surface area (Å²) in [7, 11) is 0. The molecule has 3 heterocycles. The maximum Gasteiger partial charge on any atom is 0.586 e. The molecule has 152 valence electrons. The number of hydrogen-bond donors (Lipinski definition) is 1. The Morgan fingerprint density at radius 1 is 1.10 bits per heavy atom. The molecule has 0 unspecified atom stereocenters. The van der Waals surface area contributed by atoms with Crippen LogP contribution >= 0.6 is 11.6 Å². The zero-order valence-electron chi connectivity index (χ0n) is 15.5. The molecule has 3 aromatic rings. The van der Waals surface area contributed by atoms with E-state index in [1.807, 2.05) is 13.8 Å². The number of ether oxygens (including phenoxy) is 2. The number of rotatable bonds is 3. The number of fused-ring (bicyclic) bond motifs is 1. The van der Waals surface area contributed by atoms with Crippen molar-refractivity contribution in [1.82, 2.24) is 15.0 Å². The molecule has 4 rings (SSSR count). The summed E-state index contributed by atoms with van der Waals surface area (Å²) in [6.45, 7) is 5.62. The van der Waals surface area contributed by atoms with Crippen molar-refractivity contribution in [3.05, 3.63) is 47.4 Å². The quantitative estimate of drug-likeness (QED) is 0.650. The van der Waals surface area contributed by atoms with Gasteiger partial charge in [-0.1, -0.05) is 25.4 Å². The first-order chi connectivity index (χ1) is 13.8. The van der Waals surface area contributed by atoms with Crippen molar-refractivity contribution in [3.8, 4) is 22.8 Å². The Balaban J connectivity index is 0.00000117. The van der Waals surface area contributed by atoms with Crippen LogP contribution in [0.25, 0.3) is 11.3 Å². The van der Waals surface area contributed by atoms with Crippen LogP contribution in [0.4, 0.5) is 14.6 Å². The fourth-order valence-electron chi connectivity index (χ4n) is 2.39. The highest BCUT2D eigenvalue weighted by Crippen LogP contribution is 2.45. The molecule has 8 nitrogen and oxygen atoms in total. The van der Waals surface area contributed by atoms with Gasteiger partial charge in [0, 0.05) is 11.6 Å². The minimum absolute atomic E-state index is 0.0561. The van der Waals surface area contributed by atoms with Crippen molar-refractivity contribution in [2.24, 2.45) is 0 Å². The second-order valence-corrected chi connectivity index (χ2v) is 5.86. The first-order valence-electron chi connectivity index (χ1n) is 8.45. The third kappa shape index (κ3) is 4.27. The molecule has 0 aliphatic carbocycles. The van der Waals surface area contributed by atoms with E-state index in [-0.39, 0.29) is 33.8 Å². The average molecular weight is 425 g/mol. The van der Waals surface area contributed by atoms with Gasteiger partial charge in [-0.25, -0.2) is 9.97 Å². The van der Waals surface area contributed by atoms with Crippen molar-refractivity contribution < 1.29 is 27.5 Å². The molecule has 29 heavy (non-hydrogen) atoms. The topological polar surface area (TPSA) is 99.4 Å². The Hall–Kier alpha value is -3.27. The maximum atomic E-state index is 13.2. The van der Waals surface area contributed by atoms with Gasteiger partial charge in [0.15, 0.2) is 23.7 Å². The van der Waals surface area contributed by atoms with E-state index >= 15 is 0 Å². The van der Waals surface area contributed by atoms with Gasteiger partial charge in [-0.3, -0.25) is 9.78 Å². The molecular weight excluding hydrogens is 410 g/mol. The lowest BCUT2D eigenvalue weighted by Gasteiger charge is -2.06. The van der Waals surface area contributed by atoms with E-state index in [4.69, 9.17) is 16.0 Å². The molecule has 1 aromatic carbocycles. The Morgan fingerprint density at radius 2 is 1.79 bits per heavy atom. The zero-order chi connectivity index (χ0) is 21.2. The smallest absolute Gasteiger partial charge is 0.438 e. The van der Waals surface area contributed by atoms with Crippen molar-refractivity contribution in [2.75, 3.05) is 5.32 Å². The standard InChI is InChI=1S/C16H9ClF2N4O4.C2H6/c1-7-14(25-6-22-7)15(24)23-13-5-20-10(4-21-13)8-2-11-12(3-9(8)17)27-16(18,19)26-11;1-2/h2-6H,1H3,(H,21,23,24);1-2H3. The van der Waals surface area contributed by atoms with Gasteiger partial charge in [-0.15, -0.1) is 8.78 Å². The molecule has 1 N–H and O–H groups in total. The number of nitrogens with zero attached hydrogens (tertiary/aromatic N) is 3. The molecule has 1 aliphatic heterocycles. The Kier molecular flexibility index (Phi) is 5.64. The highest BCUT2D eigenvalue weighted by atomic mass is 35.5. The van der Waals surface area contributed by atoms with Crippen molar-refractivity contribution in [3.63, 3.8) is 0 Å². The molecule has 0 radical (unpaired) electrons. The van der Waals surface area contributed by atoms with Crippen LogP contribution in [0.5, 0.6) is 11.5 Å². The maximum absolute atomic E-state index is 13.2. The van der Waals surface area contributed by atoms with Crippen molar-refractivity contribution in [1.29, 1.82) is 0 Å². The number of hydrogen-bond acceptors (Lipinski definition) is 7. The lowest BCUT2D eigenvalue weighted by Crippen LogP contribution is -2.25. The van der Waals surface area contributed by atoms with Gasteiger partial charge >= 0.3 is 6.29 Å². The number of carbonyl (C=O) groups is 1. The van der Waals surface area contributed by atoms with Crippen LogP contribution in [0.15, 0.2) is 35.3 Å².